The third-order valence-corrected chi connectivity index (χ3v) is 3.76. The number of carboxylic acids is 1. The van der Waals surface area contributed by atoms with Crippen LogP contribution in [-0.4, -0.2) is 5.97 Å². The van der Waals surface area contributed by atoms with Crippen LogP contribution in [-0.2, 0) is 6.61 Å². The number of halogens is 1. The molecule has 112 valence electrons. The number of ether oxygens (including phenoxy) is 1. The number of carbonyl (C=O) groups excluding carboxylic acids is 1. The maximum absolute atomic E-state index is 11.2. The van der Waals surface area contributed by atoms with Crippen LogP contribution in [0.3, 0.4) is 0 Å². The number of aryl methyl sites for hydroxylation is 1. The van der Waals surface area contributed by atoms with E-state index in [1.54, 1.807) is 31.2 Å². The van der Waals surface area contributed by atoms with Gasteiger partial charge in [-0.3, -0.25) is 0 Å². The molecule has 1 heterocycles. The monoisotopic (exact) mass is 315 g/mol. The molecule has 0 N–H and O–H groups in total. The molecular weight excluding hydrogens is 304 g/mol. The zero-order valence-corrected chi connectivity index (χ0v) is 12.5. The van der Waals surface area contributed by atoms with Gasteiger partial charge in [-0.15, -0.1) is 0 Å². The predicted molar refractivity (Wildman–Crippen MR) is 81.1 cm³/mol. The van der Waals surface area contributed by atoms with E-state index in [9.17, 15) is 9.90 Å². The highest BCUT2D eigenvalue weighted by Crippen LogP contribution is 2.29. The first-order valence-electron chi connectivity index (χ1n) is 6.67. The van der Waals surface area contributed by atoms with E-state index in [-0.39, 0.29) is 5.56 Å². The zero-order valence-electron chi connectivity index (χ0n) is 11.8. The highest BCUT2D eigenvalue weighted by atomic mass is 35.5. The third-order valence-electron chi connectivity index (χ3n) is 3.39. The summed E-state index contributed by atoms with van der Waals surface area (Å²) in [5, 5.41) is 12.3. The summed E-state index contributed by atoms with van der Waals surface area (Å²) in [6.45, 7) is 1.89. The number of carboxylic acid groups (broad SMARTS) is 1. The molecule has 0 saturated heterocycles. The molecule has 0 aliphatic heterocycles. The minimum atomic E-state index is -1.26. The minimum absolute atomic E-state index is 0.0539. The Morgan fingerprint density at radius 2 is 2.05 bits per heavy atom. The largest absolute Gasteiger partial charge is 0.545 e. The van der Waals surface area contributed by atoms with Crippen molar-refractivity contribution in [3.8, 4) is 5.75 Å². The average Bonchev–Trinajstić information content (AvgIpc) is 2.81. The number of rotatable bonds is 4. The lowest BCUT2D eigenvalue weighted by molar-refractivity contribution is -0.254. The van der Waals surface area contributed by atoms with Gasteiger partial charge < -0.3 is 19.1 Å². The van der Waals surface area contributed by atoms with Gasteiger partial charge in [-0.05, 0) is 31.2 Å². The molecule has 5 heteroatoms. The van der Waals surface area contributed by atoms with E-state index in [1.807, 2.05) is 18.2 Å². The first-order valence-corrected chi connectivity index (χ1v) is 7.05. The van der Waals surface area contributed by atoms with Crippen molar-refractivity contribution in [2.75, 3.05) is 0 Å². The average molecular weight is 316 g/mol. The van der Waals surface area contributed by atoms with Gasteiger partial charge in [-0.2, -0.15) is 0 Å². The first kappa shape index (κ1) is 14.5. The van der Waals surface area contributed by atoms with Crippen LogP contribution < -0.4 is 9.84 Å². The van der Waals surface area contributed by atoms with Crippen LogP contribution in [0.25, 0.3) is 11.0 Å². The van der Waals surface area contributed by atoms with Gasteiger partial charge in [0.2, 0.25) is 0 Å². The van der Waals surface area contributed by atoms with Gasteiger partial charge in [0.15, 0.2) is 0 Å². The van der Waals surface area contributed by atoms with Crippen LogP contribution in [0.15, 0.2) is 46.9 Å². The Labute approximate surface area is 131 Å². The second-order valence-electron chi connectivity index (χ2n) is 4.86. The van der Waals surface area contributed by atoms with Crippen LogP contribution in [0.1, 0.15) is 21.7 Å². The van der Waals surface area contributed by atoms with Crippen LogP contribution in [0.4, 0.5) is 0 Å². The molecule has 4 nitrogen and oxygen atoms in total. The van der Waals surface area contributed by atoms with E-state index in [0.29, 0.717) is 34.1 Å². The summed E-state index contributed by atoms with van der Waals surface area (Å²) in [4.78, 5) is 11.2. The number of aromatic carboxylic acids is 1. The molecular formula is C17H12ClO4-. The molecule has 0 aliphatic rings. The van der Waals surface area contributed by atoms with Crippen molar-refractivity contribution in [2.45, 2.75) is 13.5 Å². The first-order chi connectivity index (χ1) is 10.6. The fraction of sp³-hybridized carbons (Fsp3) is 0.118. The highest BCUT2D eigenvalue weighted by molar-refractivity contribution is 6.31. The molecule has 0 amide bonds. The smallest absolute Gasteiger partial charge is 0.135 e. The van der Waals surface area contributed by atoms with Crippen LogP contribution in [0, 0.1) is 6.92 Å². The van der Waals surface area contributed by atoms with Crippen LogP contribution >= 0.6 is 11.6 Å². The Kier molecular flexibility index (Phi) is 3.77. The quantitative estimate of drug-likeness (QED) is 0.741. The molecule has 0 unspecified atom stereocenters. The molecule has 0 saturated carbocycles. The Morgan fingerprint density at radius 1 is 1.27 bits per heavy atom. The van der Waals surface area contributed by atoms with Crippen molar-refractivity contribution in [1.82, 2.24) is 0 Å². The SMILES string of the molecule is Cc1oc2ccc(OCc3ccccc3Cl)cc2c1C(=O)[O-]. The maximum Gasteiger partial charge on any atom is 0.135 e. The number of furan rings is 1. The van der Waals surface area contributed by atoms with Gasteiger partial charge in [0.05, 0.1) is 5.97 Å². The van der Waals surface area contributed by atoms with Crippen molar-refractivity contribution in [1.29, 1.82) is 0 Å². The minimum Gasteiger partial charge on any atom is -0.545 e. The van der Waals surface area contributed by atoms with E-state index in [1.165, 1.54) is 0 Å². The van der Waals surface area contributed by atoms with Crippen LogP contribution in [0.2, 0.25) is 5.02 Å². The summed E-state index contributed by atoms with van der Waals surface area (Å²) in [5.41, 5.74) is 1.40. The molecule has 3 aromatic rings. The zero-order chi connectivity index (χ0) is 15.7. The Morgan fingerprint density at radius 3 is 2.77 bits per heavy atom. The van der Waals surface area contributed by atoms with Gasteiger partial charge in [0, 0.05) is 21.5 Å². The van der Waals surface area contributed by atoms with Gasteiger partial charge in [0.25, 0.3) is 0 Å². The van der Waals surface area contributed by atoms with Crippen molar-refractivity contribution in [3.63, 3.8) is 0 Å². The number of fused-ring (bicyclic) bond motifs is 1. The summed E-state index contributed by atoms with van der Waals surface area (Å²) in [7, 11) is 0. The second-order valence-corrected chi connectivity index (χ2v) is 5.27. The van der Waals surface area contributed by atoms with Gasteiger partial charge in [-0.25, -0.2) is 0 Å². The summed E-state index contributed by atoms with van der Waals surface area (Å²) in [5.74, 6) is -0.409. The molecule has 0 spiro atoms. The molecule has 1 aromatic heterocycles. The number of hydrogen-bond acceptors (Lipinski definition) is 4. The lowest BCUT2D eigenvalue weighted by atomic mass is 10.1. The Hall–Kier alpha value is -2.46. The molecule has 2 aromatic carbocycles. The van der Waals surface area contributed by atoms with Gasteiger partial charge in [-0.1, -0.05) is 29.8 Å². The normalized spacial score (nSPS) is 10.8. The predicted octanol–water partition coefficient (Wildman–Crippen LogP) is 3.34. The molecule has 0 atom stereocenters. The van der Waals surface area contributed by atoms with E-state index >= 15 is 0 Å². The van der Waals surface area contributed by atoms with E-state index in [4.69, 9.17) is 20.8 Å². The van der Waals surface area contributed by atoms with E-state index in [2.05, 4.69) is 0 Å². The van der Waals surface area contributed by atoms with Crippen molar-refractivity contribution >= 4 is 28.5 Å². The molecule has 0 fully saturated rings. The number of hydrogen-bond donors (Lipinski definition) is 0. The molecule has 0 bridgehead atoms. The maximum atomic E-state index is 11.2. The number of benzene rings is 2. The number of carbonyl (C=O) groups is 1. The van der Waals surface area contributed by atoms with Crippen molar-refractivity contribution in [3.05, 3.63) is 64.4 Å². The van der Waals surface area contributed by atoms with Crippen molar-refractivity contribution < 1.29 is 19.1 Å². The van der Waals surface area contributed by atoms with E-state index < -0.39 is 5.97 Å². The standard InChI is InChI=1S/C17H13ClO4/c1-10-16(17(19)20)13-8-12(6-7-15(13)22-10)21-9-11-4-2-3-5-14(11)18/h2-8H,9H2,1H3,(H,19,20)/p-1. The Balaban J connectivity index is 1.90. The summed E-state index contributed by atoms with van der Waals surface area (Å²) in [6.07, 6.45) is 0. The molecule has 0 radical (unpaired) electrons. The lowest BCUT2D eigenvalue weighted by Gasteiger charge is -2.08. The summed E-state index contributed by atoms with van der Waals surface area (Å²) >= 11 is 6.07. The lowest BCUT2D eigenvalue weighted by Crippen LogP contribution is -2.22. The van der Waals surface area contributed by atoms with E-state index in [0.717, 1.165) is 5.56 Å². The summed E-state index contributed by atoms with van der Waals surface area (Å²) in [6, 6.07) is 12.4. The van der Waals surface area contributed by atoms with Gasteiger partial charge in [0.1, 0.15) is 23.7 Å². The van der Waals surface area contributed by atoms with Crippen LogP contribution in [0.5, 0.6) is 5.75 Å². The topological polar surface area (TPSA) is 62.5 Å². The third kappa shape index (κ3) is 2.65. The van der Waals surface area contributed by atoms with Crippen molar-refractivity contribution in [2.24, 2.45) is 0 Å². The fourth-order valence-corrected chi connectivity index (χ4v) is 2.51. The summed E-state index contributed by atoms with van der Waals surface area (Å²) < 4.78 is 11.1. The molecule has 0 aliphatic carbocycles. The Bertz CT molecular complexity index is 851. The second kappa shape index (κ2) is 5.73. The van der Waals surface area contributed by atoms with Gasteiger partial charge >= 0.3 is 0 Å². The highest BCUT2D eigenvalue weighted by Gasteiger charge is 2.13. The fourth-order valence-electron chi connectivity index (χ4n) is 2.32. The molecule has 22 heavy (non-hydrogen) atoms. The molecule has 3 rings (SSSR count).